The molecular weight excluding hydrogens is 262 g/mol. The molecule has 0 fully saturated rings. The second-order valence-electron chi connectivity index (χ2n) is 5.23. The number of urea groups is 1. The van der Waals surface area contributed by atoms with Crippen LogP contribution >= 0.6 is 0 Å². The van der Waals surface area contributed by atoms with Crippen LogP contribution < -0.4 is 10.6 Å². The zero-order chi connectivity index (χ0) is 15.1. The predicted molar refractivity (Wildman–Crippen MR) is 84.1 cm³/mol. The van der Waals surface area contributed by atoms with Gasteiger partial charge in [0.25, 0.3) is 0 Å². The summed E-state index contributed by atoms with van der Waals surface area (Å²) in [6, 6.07) is 12.0. The molecule has 0 unspecified atom stereocenters. The number of hydrogen-bond acceptors (Lipinski definition) is 2. The maximum Gasteiger partial charge on any atom is 0.315 e. The Morgan fingerprint density at radius 1 is 1.19 bits per heavy atom. The highest BCUT2D eigenvalue weighted by Gasteiger charge is 2.07. The van der Waals surface area contributed by atoms with Crippen LogP contribution in [0, 0.1) is 6.92 Å². The molecule has 1 heterocycles. The molecule has 2 aromatic rings. The molecule has 2 rings (SSSR count). The molecule has 0 radical (unpaired) electrons. The molecule has 0 aliphatic heterocycles. The Morgan fingerprint density at radius 2 is 1.95 bits per heavy atom. The van der Waals surface area contributed by atoms with E-state index in [2.05, 4.69) is 47.7 Å². The highest BCUT2D eigenvalue weighted by molar-refractivity contribution is 5.73. The van der Waals surface area contributed by atoms with Crippen LogP contribution in [0.25, 0.3) is 0 Å². The highest BCUT2D eigenvalue weighted by atomic mass is 16.2. The summed E-state index contributed by atoms with van der Waals surface area (Å²) in [6.07, 6.45) is 3.43. The summed E-state index contributed by atoms with van der Waals surface area (Å²) in [5, 5.41) is 5.74. The number of hydrogen-bond donors (Lipinski definition) is 2. The first-order valence-electron chi connectivity index (χ1n) is 7.12. The molecule has 1 aromatic carbocycles. The Hall–Kier alpha value is -2.36. The van der Waals surface area contributed by atoms with Gasteiger partial charge >= 0.3 is 6.03 Å². The molecule has 2 N–H and O–H groups in total. The summed E-state index contributed by atoms with van der Waals surface area (Å²) >= 11 is 0. The molecule has 1 aromatic heterocycles. The Morgan fingerprint density at radius 3 is 2.67 bits per heavy atom. The van der Waals surface area contributed by atoms with E-state index in [4.69, 9.17) is 0 Å². The summed E-state index contributed by atoms with van der Waals surface area (Å²) in [5.74, 6) is 0.288. The molecule has 4 nitrogen and oxygen atoms in total. The first-order valence-corrected chi connectivity index (χ1v) is 7.12. The van der Waals surface area contributed by atoms with E-state index >= 15 is 0 Å². The average molecular weight is 283 g/mol. The first-order chi connectivity index (χ1) is 10.1. The van der Waals surface area contributed by atoms with Gasteiger partial charge < -0.3 is 10.6 Å². The fraction of sp³-hybridized carbons (Fsp3) is 0.294. The van der Waals surface area contributed by atoms with Gasteiger partial charge in [-0.25, -0.2) is 4.79 Å². The lowest BCUT2D eigenvalue weighted by molar-refractivity contribution is 0.240. The zero-order valence-electron chi connectivity index (χ0n) is 12.5. The van der Waals surface area contributed by atoms with Crippen LogP contribution in [0.1, 0.15) is 29.5 Å². The first kappa shape index (κ1) is 15.0. The molecule has 0 aliphatic rings. The second-order valence-corrected chi connectivity index (χ2v) is 5.23. The minimum Gasteiger partial charge on any atom is -0.338 e. The van der Waals surface area contributed by atoms with E-state index in [1.807, 2.05) is 18.2 Å². The van der Waals surface area contributed by atoms with Crippen LogP contribution in [0.5, 0.6) is 0 Å². The molecule has 0 aliphatic carbocycles. The molecule has 110 valence electrons. The van der Waals surface area contributed by atoms with E-state index in [9.17, 15) is 4.79 Å². The van der Waals surface area contributed by atoms with Crippen molar-refractivity contribution in [3.8, 4) is 0 Å². The van der Waals surface area contributed by atoms with Gasteiger partial charge in [-0.2, -0.15) is 0 Å². The summed E-state index contributed by atoms with van der Waals surface area (Å²) in [5.41, 5.74) is 3.51. The van der Waals surface area contributed by atoms with Gasteiger partial charge in [0, 0.05) is 25.5 Å². The zero-order valence-corrected chi connectivity index (χ0v) is 12.5. The van der Waals surface area contributed by atoms with Crippen LogP contribution in [0.2, 0.25) is 0 Å². The minimum atomic E-state index is -0.147. The van der Waals surface area contributed by atoms with Gasteiger partial charge in [0.05, 0.1) is 0 Å². The lowest BCUT2D eigenvalue weighted by atomic mass is 9.99. The van der Waals surface area contributed by atoms with Crippen molar-refractivity contribution in [1.29, 1.82) is 0 Å². The van der Waals surface area contributed by atoms with Crippen LogP contribution in [-0.2, 0) is 6.54 Å². The van der Waals surface area contributed by atoms with Crippen LogP contribution in [0.3, 0.4) is 0 Å². The smallest absolute Gasteiger partial charge is 0.315 e. The number of aryl methyl sites for hydroxylation is 1. The minimum absolute atomic E-state index is 0.147. The Bertz CT molecular complexity index is 584. The van der Waals surface area contributed by atoms with E-state index in [1.165, 1.54) is 11.1 Å². The fourth-order valence-electron chi connectivity index (χ4n) is 2.09. The number of pyridine rings is 1. The van der Waals surface area contributed by atoms with Gasteiger partial charge in [-0.05, 0) is 36.1 Å². The van der Waals surface area contributed by atoms with Crippen LogP contribution in [0.4, 0.5) is 4.79 Å². The van der Waals surface area contributed by atoms with Crippen molar-refractivity contribution in [2.45, 2.75) is 26.3 Å². The van der Waals surface area contributed by atoms with Crippen molar-refractivity contribution in [2.75, 3.05) is 6.54 Å². The number of carbonyl (C=O) groups excluding carboxylic acids is 1. The van der Waals surface area contributed by atoms with Gasteiger partial charge in [-0.1, -0.05) is 36.8 Å². The van der Waals surface area contributed by atoms with Crippen molar-refractivity contribution in [2.24, 2.45) is 0 Å². The van der Waals surface area contributed by atoms with Crippen molar-refractivity contribution in [3.63, 3.8) is 0 Å². The molecule has 0 bridgehead atoms. The maximum absolute atomic E-state index is 11.8. The molecule has 1 atom stereocenters. The van der Waals surface area contributed by atoms with Gasteiger partial charge in [0.15, 0.2) is 0 Å². The van der Waals surface area contributed by atoms with Crippen molar-refractivity contribution in [3.05, 3.63) is 65.5 Å². The number of aromatic nitrogens is 1. The third-order valence-electron chi connectivity index (χ3n) is 3.38. The summed E-state index contributed by atoms with van der Waals surface area (Å²) in [7, 11) is 0. The normalized spacial score (nSPS) is 11.7. The third kappa shape index (κ3) is 4.91. The Labute approximate surface area is 125 Å². The number of rotatable bonds is 5. The summed E-state index contributed by atoms with van der Waals surface area (Å²) in [4.78, 5) is 15.7. The molecule has 0 saturated heterocycles. The van der Waals surface area contributed by atoms with Gasteiger partial charge in [0.1, 0.15) is 0 Å². The predicted octanol–water partition coefficient (Wildman–Crippen LogP) is 2.99. The van der Waals surface area contributed by atoms with E-state index < -0.39 is 0 Å². The van der Waals surface area contributed by atoms with Crippen molar-refractivity contribution >= 4 is 6.03 Å². The maximum atomic E-state index is 11.8. The van der Waals surface area contributed by atoms with Gasteiger partial charge in [0.2, 0.25) is 0 Å². The molecule has 2 amide bonds. The van der Waals surface area contributed by atoms with Crippen molar-refractivity contribution < 1.29 is 4.79 Å². The Kier molecular flexibility index (Phi) is 5.32. The third-order valence-corrected chi connectivity index (χ3v) is 3.38. The number of nitrogens with one attached hydrogen (secondary N) is 2. The largest absolute Gasteiger partial charge is 0.338 e. The van der Waals surface area contributed by atoms with Crippen LogP contribution in [0.15, 0.2) is 48.8 Å². The lowest BCUT2D eigenvalue weighted by Gasteiger charge is -2.14. The molecule has 4 heteroatoms. The SMILES string of the molecule is Cc1cccc([C@H](C)CNC(=O)NCc2ccncc2)c1. The fourth-order valence-corrected chi connectivity index (χ4v) is 2.09. The topological polar surface area (TPSA) is 54.0 Å². The monoisotopic (exact) mass is 283 g/mol. The van der Waals surface area contributed by atoms with Crippen LogP contribution in [-0.4, -0.2) is 17.6 Å². The molecule has 21 heavy (non-hydrogen) atoms. The molecule has 0 saturated carbocycles. The lowest BCUT2D eigenvalue weighted by Crippen LogP contribution is -2.37. The average Bonchev–Trinajstić information content (AvgIpc) is 2.51. The number of nitrogens with zero attached hydrogens (tertiary/aromatic N) is 1. The van der Waals surface area contributed by atoms with Crippen molar-refractivity contribution in [1.82, 2.24) is 15.6 Å². The number of benzene rings is 1. The van der Waals surface area contributed by atoms with E-state index in [-0.39, 0.29) is 11.9 Å². The second kappa shape index (κ2) is 7.43. The number of carbonyl (C=O) groups is 1. The van der Waals surface area contributed by atoms with E-state index in [0.29, 0.717) is 13.1 Å². The van der Waals surface area contributed by atoms with E-state index in [0.717, 1.165) is 5.56 Å². The summed E-state index contributed by atoms with van der Waals surface area (Å²) < 4.78 is 0. The van der Waals surface area contributed by atoms with Gasteiger partial charge in [-0.15, -0.1) is 0 Å². The Balaban J connectivity index is 1.76. The quantitative estimate of drug-likeness (QED) is 0.886. The van der Waals surface area contributed by atoms with Gasteiger partial charge in [-0.3, -0.25) is 4.98 Å². The molecular formula is C17H21N3O. The summed E-state index contributed by atoms with van der Waals surface area (Å²) in [6.45, 7) is 5.31. The molecule has 0 spiro atoms. The number of amides is 2. The standard InChI is InChI=1S/C17H21N3O/c1-13-4-3-5-16(10-13)14(2)11-19-17(21)20-12-15-6-8-18-9-7-15/h3-10,14H,11-12H2,1-2H3,(H2,19,20,21)/t14-/m1/s1. The van der Waals surface area contributed by atoms with E-state index in [1.54, 1.807) is 12.4 Å². The highest BCUT2D eigenvalue weighted by Crippen LogP contribution is 2.15.